The zero-order chi connectivity index (χ0) is 23.5. The van der Waals surface area contributed by atoms with Crippen molar-refractivity contribution in [1.29, 1.82) is 0 Å². The molecule has 0 radical (unpaired) electrons. The van der Waals surface area contributed by atoms with Crippen LogP contribution < -0.4 is 10.0 Å². The number of sulfonamides is 1. The third-order valence-electron chi connectivity index (χ3n) is 4.63. The van der Waals surface area contributed by atoms with Crippen molar-refractivity contribution in [2.24, 2.45) is 0 Å². The zero-order valence-corrected chi connectivity index (χ0v) is 20.0. The molecule has 2 aromatic carbocycles. The summed E-state index contributed by atoms with van der Waals surface area (Å²) in [5, 5.41) is 3.48. The highest BCUT2D eigenvalue weighted by atomic mass is 35.5. The van der Waals surface area contributed by atoms with Gasteiger partial charge in [-0.3, -0.25) is 9.52 Å². The maximum Gasteiger partial charge on any atom is 0.341 e. The van der Waals surface area contributed by atoms with Crippen molar-refractivity contribution in [3.8, 4) is 0 Å². The molecule has 0 spiro atoms. The molecule has 0 bridgehead atoms. The Labute approximate surface area is 195 Å². The maximum atomic E-state index is 13.0. The molecular weight excluding hydrogens is 472 g/mol. The first kappa shape index (κ1) is 23.8. The van der Waals surface area contributed by atoms with Crippen molar-refractivity contribution in [3.63, 3.8) is 0 Å². The maximum absolute atomic E-state index is 13.0. The molecule has 3 aromatic rings. The molecule has 0 aliphatic carbocycles. The van der Waals surface area contributed by atoms with Crippen molar-refractivity contribution < 1.29 is 22.7 Å². The molecule has 32 heavy (non-hydrogen) atoms. The van der Waals surface area contributed by atoms with E-state index in [1.165, 1.54) is 47.7 Å². The number of thiophene rings is 1. The van der Waals surface area contributed by atoms with Crippen LogP contribution in [0.1, 0.15) is 38.1 Å². The zero-order valence-electron chi connectivity index (χ0n) is 17.6. The lowest BCUT2D eigenvalue weighted by molar-refractivity contribution is 0.0527. The number of hydrogen-bond acceptors (Lipinski definition) is 6. The van der Waals surface area contributed by atoms with E-state index < -0.39 is 21.9 Å². The summed E-state index contributed by atoms with van der Waals surface area (Å²) >= 11 is 7.08. The van der Waals surface area contributed by atoms with E-state index in [9.17, 15) is 18.0 Å². The van der Waals surface area contributed by atoms with E-state index in [0.717, 1.165) is 10.4 Å². The average Bonchev–Trinajstić information content (AvgIpc) is 3.01. The van der Waals surface area contributed by atoms with Gasteiger partial charge in [-0.05, 0) is 62.7 Å². The number of anilines is 2. The van der Waals surface area contributed by atoms with E-state index in [2.05, 4.69) is 10.0 Å². The van der Waals surface area contributed by atoms with Gasteiger partial charge < -0.3 is 10.1 Å². The van der Waals surface area contributed by atoms with Crippen LogP contribution in [-0.4, -0.2) is 26.9 Å². The van der Waals surface area contributed by atoms with Crippen LogP contribution in [0.5, 0.6) is 0 Å². The van der Waals surface area contributed by atoms with Crippen molar-refractivity contribution in [3.05, 3.63) is 75.1 Å². The minimum Gasteiger partial charge on any atom is -0.462 e. The SMILES string of the molecule is CCOC(=O)c1c(NC(=O)c2ccccc2NS(=O)(=O)c2ccc(Cl)cc2)sc(C)c1C. The molecule has 1 amide bonds. The van der Waals surface area contributed by atoms with Gasteiger partial charge in [0.25, 0.3) is 15.9 Å². The number of esters is 1. The van der Waals surface area contributed by atoms with Crippen molar-refractivity contribution >= 4 is 55.5 Å². The predicted octanol–water partition coefficient (Wildman–Crippen LogP) is 5.25. The van der Waals surface area contributed by atoms with E-state index >= 15 is 0 Å². The van der Waals surface area contributed by atoms with Crippen LogP contribution in [0.4, 0.5) is 10.7 Å². The number of carbonyl (C=O) groups is 2. The van der Waals surface area contributed by atoms with Crippen molar-refractivity contribution in [2.45, 2.75) is 25.7 Å². The Hall–Kier alpha value is -2.88. The molecule has 0 unspecified atom stereocenters. The van der Waals surface area contributed by atoms with Gasteiger partial charge in [0.05, 0.1) is 28.3 Å². The fraction of sp³-hybridized carbons (Fsp3) is 0.182. The van der Waals surface area contributed by atoms with Gasteiger partial charge >= 0.3 is 5.97 Å². The van der Waals surface area contributed by atoms with E-state index in [4.69, 9.17) is 16.3 Å². The highest BCUT2D eigenvalue weighted by Gasteiger charge is 2.24. The molecule has 168 valence electrons. The fourth-order valence-electron chi connectivity index (χ4n) is 2.92. The number of para-hydroxylation sites is 1. The number of hydrogen-bond donors (Lipinski definition) is 2. The molecule has 1 heterocycles. The molecule has 1 aromatic heterocycles. The summed E-state index contributed by atoms with van der Waals surface area (Å²) in [5.74, 6) is -1.09. The van der Waals surface area contributed by atoms with Crippen LogP contribution in [0.3, 0.4) is 0 Å². The molecular formula is C22H21ClN2O5S2. The second-order valence-corrected chi connectivity index (χ2v) is 10.1. The second-order valence-electron chi connectivity index (χ2n) is 6.77. The smallest absolute Gasteiger partial charge is 0.341 e. The average molecular weight is 493 g/mol. The topological polar surface area (TPSA) is 102 Å². The lowest BCUT2D eigenvalue weighted by Crippen LogP contribution is -2.19. The van der Waals surface area contributed by atoms with Gasteiger partial charge in [-0.2, -0.15) is 0 Å². The highest BCUT2D eigenvalue weighted by Crippen LogP contribution is 2.34. The van der Waals surface area contributed by atoms with Crippen LogP contribution in [0, 0.1) is 13.8 Å². The van der Waals surface area contributed by atoms with Gasteiger partial charge in [-0.15, -0.1) is 11.3 Å². The number of rotatable bonds is 7. The van der Waals surface area contributed by atoms with Crippen LogP contribution in [0.15, 0.2) is 53.4 Å². The minimum absolute atomic E-state index is 0.00575. The van der Waals surface area contributed by atoms with E-state index in [0.29, 0.717) is 15.6 Å². The highest BCUT2D eigenvalue weighted by molar-refractivity contribution is 7.92. The van der Waals surface area contributed by atoms with E-state index in [1.807, 2.05) is 6.92 Å². The number of aryl methyl sites for hydroxylation is 1. The van der Waals surface area contributed by atoms with Crippen LogP contribution in [0.25, 0.3) is 0 Å². The van der Waals surface area contributed by atoms with E-state index in [-0.39, 0.29) is 22.8 Å². The first-order valence-electron chi connectivity index (χ1n) is 9.60. The van der Waals surface area contributed by atoms with E-state index in [1.54, 1.807) is 26.0 Å². The number of amides is 1. The van der Waals surface area contributed by atoms with Gasteiger partial charge in [0, 0.05) is 9.90 Å². The first-order chi connectivity index (χ1) is 15.1. The number of benzene rings is 2. The number of carbonyl (C=O) groups excluding carboxylic acids is 2. The van der Waals surface area contributed by atoms with Crippen LogP contribution in [-0.2, 0) is 14.8 Å². The number of halogens is 1. The Morgan fingerprint density at radius 3 is 2.38 bits per heavy atom. The predicted molar refractivity (Wildman–Crippen MR) is 126 cm³/mol. The Morgan fingerprint density at radius 2 is 1.72 bits per heavy atom. The van der Waals surface area contributed by atoms with Gasteiger partial charge in [-0.25, -0.2) is 13.2 Å². The third-order valence-corrected chi connectivity index (χ3v) is 7.39. The largest absolute Gasteiger partial charge is 0.462 e. The quantitative estimate of drug-likeness (QED) is 0.439. The van der Waals surface area contributed by atoms with Crippen LogP contribution in [0.2, 0.25) is 5.02 Å². The second kappa shape index (κ2) is 9.72. The van der Waals surface area contributed by atoms with Crippen molar-refractivity contribution in [2.75, 3.05) is 16.6 Å². The van der Waals surface area contributed by atoms with Gasteiger partial charge in [-0.1, -0.05) is 23.7 Å². The van der Waals surface area contributed by atoms with Gasteiger partial charge in [0.1, 0.15) is 5.00 Å². The first-order valence-corrected chi connectivity index (χ1v) is 12.3. The fourth-order valence-corrected chi connectivity index (χ4v) is 5.17. The Kier molecular flexibility index (Phi) is 7.22. The normalized spacial score (nSPS) is 11.1. The summed E-state index contributed by atoms with van der Waals surface area (Å²) in [6.07, 6.45) is 0. The molecule has 0 fully saturated rings. The van der Waals surface area contributed by atoms with Crippen LogP contribution >= 0.6 is 22.9 Å². The van der Waals surface area contributed by atoms with Gasteiger partial charge in [0.15, 0.2) is 0 Å². The standard InChI is InChI=1S/C22H21ClN2O5S2/c1-4-30-22(27)19-13(2)14(3)31-21(19)24-20(26)17-7-5-6-8-18(17)25-32(28,29)16-11-9-15(23)10-12-16/h5-12,25H,4H2,1-3H3,(H,24,26). The molecule has 2 N–H and O–H groups in total. The summed E-state index contributed by atoms with van der Waals surface area (Å²) < 4.78 is 33.1. The minimum atomic E-state index is -3.95. The Bertz CT molecular complexity index is 1270. The monoisotopic (exact) mass is 492 g/mol. The molecule has 0 saturated carbocycles. The number of ether oxygens (including phenoxy) is 1. The molecule has 10 heteroatoms. The lowest BCUT2D eigenvalue weighted by atomic mass is 10.1. The Balaban J connectivity index is 1.91. The summed E-state index contributed by atoms with van der Waals surface area (Å²) in [6.45, 7) is 5.53. The molecule has 0 saturated heterocycles. The molecule has 0 atom stereocenters. The molecule has 7 nitrogen and oxygen atoms in total. The van der Waals surface area contributed by atoms with Gasteiger partial charge in [0.2, 0.25) is 0 Å². The molecule has 0 aliphatic rings. The summed E-state index contributed by atoms with van der Waals surface area (Å²) in [7, 11) is -3.95. The summed E-state index contributed by atoms with van der Waals surface area (Å²) in [4.78, 5) is 26.3. The molecule has 3 rings (SSSR count). The molecule has 0 aliphatic heterocycles. The number of nitrogens with one attached hydrogen (secondary N) is 2. The summed E-state index contributed by atoms with van der Waals surface area (Å²) in [5.41, 5.74) is 1.22. The third kappa shape index (κ3) is 5.12. The lowest BCUT2D eigenvalue weighted by Gasteiger charge is -2.13. The van der Waals surface area contributed by atoms with Crippen molar-refractivity contribution in [1.82, 2.24) is 0 Å². The Morgan fingerprint density at radius 1 is 1.06 bits per heavy atom. The summed E-state index contributed by atoms with van der Waals surface area (Å²) in [6, 6.07) is 11.9.